The van der Waals surface area contributed by atoms with Crippen LogP contribution >= 0.6 is 11.3 Å². The number of anilines is 1. The molecule has 0 N–H and O–H groups in total. The molecular weight excluding hydrogens is 262 g/mol. The highest BCUT2D eigenvalue weighted by Gasteiger charge is 2.48. The Hall–Kier alpha value is -1.17. The first-order valence-corrected chi connectivity index (χ1v) is 7.53. The topological polar surface area (TPSA) is 55.3 Å². The van der Waals surface area contributed by atoms with Gasteiger partial charge in [-0.2, -0.15) is 0 Å². The molecule has 0 radical (unpaired) electrons. The van der Waals surface area contributed by atoms with Crippen LogP contribution in [-0.4, -0.2) is 35.9 Å². The molecule has 2 heterocycles. The minimum absolute atomic E-state index is 0.0752. The predicted octanol–water partition coefficient (Wildman–Crippen LogP) is 2.26. The summed E-state index contributed by atoms with van der Waals surface area (Å²) in [7, 11) is 0. The van der Waals surface area contributed by atoms with Gasteiger partial charge in [0.1, 0.15) is 5.01 Å². The van der Waals surface area contributed by atoms with Crippen molar-refractivity contribution < 1.29 is 9.53 Å². The summed E-state index contributed by atoms with van der Waals surface area (Å²) in [4.78, 5) is 14.5. The standard InChI is InChI=1S/C13H21N3O2S/c1-5-18-11(17)13(9(2)3)6-7-16(8-13)12-15-14-10(4)19-12/h9H,5-8H2,1-4H3. The number of carbonyl (C=O) groups is 1. The van der Waals surface area contributed by atoms with Crippen LogP contribution in [0.3, 0.4) is 0 Å². The van der Waals surface area contributed by atoms with E-state index in [1.54, 1.807) is 11.3 Å². The van der Waals surface area contributed by atoms with Gasteiger partial charge >= 0.3 is 5.97 Å². The molecule has 0 saturated carbocycles. The third-order valence-electron chi connectivity index (χ3n) is 3.87. The van der Waals surface area contributed by atoms with Crippen LogP contribution in [0.4, 0.5) is 5.13 Å². The highest BCUT2D eigenvalue weighted by Crippen LogP contribution is 2.41. The number of hydrogen-bond acceptors (Lipinski definition) is 6. The van der Waals surface area contributed by atoms with Gasteiger partial charge in [0.2, 0.25) is 5.13 Å². The first-order chi connectivity index (χ1) is 8.99. The molecule has 1 aliphatic rings. The number of ether oxygens (including phenoxy) is 1. The molecule has 6 heteroatoms. The van der Waals surface area contributed by atoms with Gasteiger partial charge in [0.25, 0.3) is 0 Å². The second kappa shape index (κ2) is 5.45. The number of carbonyl (C=O) groups excluding carboxylic acids is 1. The normalized spacial score (nSPS) is 23.1. The van der Waals surface area contributed by atoms with Gasteiger partial charge in [-0.25, -0.2) is 0 Å². The fourth-order valence-electron chi connectivity index (χ4n) is 2.56. The van der Waals surface area contributed by atoms with Crippen molar-refractivity contribution in [3.63, 3.8) is 0 Å². The Bertz CT molecular complexity index is 460. The Morgan fingerprint density at radius 2 is 2.26 bits per heavy atom. The van der Waals surface area contributed by atoms with Crippen molar-refractivity contribution in [1.82, 2.24) is 10.2 Å². The van der Waals surface area contributed by atoms with Gasteiger partial charge in [-0.05, 0) is 26.2 Å². The van der Waals surface area contributed by atoms with Crippen molar-refractivity contribution in [3.05, 3.63) is 5.01 Å². The summed E-state index contributed by atoms with van der Waals surface area (Å²) >= 11 is 1.57. The first-order valence-electron chi connectivity index (χ1n) is 6.72. The maximum absolute atomic E-state index is 12.3. The summed E-state index contributed by atoms with van der Waals surface area (Å²) < 4.78 is 5.28. The fourth-order valence-corrected chi connectivity index (χ4v) is 3.27. The molecule has 1 aromatic heterocycles. The monoisotopic (exact) mass is 283 g/mol. The molecule has 0 amide bonds. The zero-order valence-electron chi connectivity index (χ0n) is 12.0. The van der Waals surface area contributed by atoms with E-state index in [1.165, 1.54) is 0 Å². The van der Waals surface area contributed by atoms with Crippen LogP contribution in [0.25, 0.3) is 0 Å². The summed E-state index contributed by atoms with van der Waals surface area (Å²) in [6.07, 6.45) is 0.822. The van der Waals surface area contributed by atoms with Crippen molar-refractivity contribution in [1.29, 1.82) is 0 Å². The minimum Gasteiger partial charge on any atom is -0.466 e. The Morgan fingerprint density at radius 1 is 1.53 bits per heavy atom. The molecule has 106 valence electrons. The number of nitrogens with zero attached hydrogens (tertiary/aromatic N) is 3. The van der Waals surface area contributed by atoms with Gasteiger partial charge in [-0.1, -0.05) is 25.2 Å². The smallest absolute Gasteiger partial charge is 0.314 e. The highest BCUT2D eigenvalue weighted by molar-refractivity contribution is 7.15. The molecule has 1 atom stereocenters. The van der Waals surface area contributed by atoms with Gasteiger partial charge in [-0.3, -0.25) is 4.79 Å². The predicted molar refractivity (Wildman–Crippen MR) is 75.4 cm³/mol. The lowest BCUT2D eigenvalue weighted by molar-refractivity contribution is -0.156. The summed E-state index contributed by atoms with van der Waals surface area (Å²) in [6, 6.07) is 0. The van der Waals surface area contributed by atoms with E-state index in [0.717, 1.165) is 23.1 Å². The quantitative estimate of drug-likeness (QED) is 0.793. The molecule has 1 fully saturated rings. The van der Waals surface area contributed by atoms with E-state index in [9.17, 15) is 4.79 Å². The van der Waals surface area contributed by atoms with Gasteiger partial charge in [0, 0.05) is 13.1 Å². The Balaban J connectivity index is 2.18. The van der Waals surface area contributed by atoms with Crippen LogP contribution in [0.15, 0.2) is 0 Å². The lowest BCUT2D eigenvalue weighted by atomic mass is 9.76. The molecule has 19 heavy (non-hydrogen) atoms. The summed E-state index contributed by atoms with van der Waals surface area (Å²) in [5.74, 6) is 0.180. The number of hydrogen-bond donors (Lipinski definition) is 0. The SMILES string of the molecule is CCOC(=O)C1(C(C)C)CCN(c2nnc(C)s2)C1. The van der Waals surface area contributed by atoms with E-state index in [0.29, 0.717) is 13.2 Å². The molecule has 1 saturated heterocycles. The summed E-state index contributed by atoms with van der Waals surface area (Å²) in [6.45, 7) is 9.93. The second-order valence-corrected chi connectivity index (χ2v) is 6.47. The van der Waals surface area contributed by atoms with E-state index in [2.05, 4.69) is 28.9 Å². The molecule has 0 spiro atoms. The molecular formula is C13H21N3O2S. The van der Waals surface area contributed by atoms with Crippen molar-refractivity contribution >= 4 is 22.4 Å². The third-order valence-corrected chi connectivity index (χ3v) is 4.77. The lowest BCUT2D eigenvalue weighted by Gasteiger charge is -2.30. The van der Waals surface area contributed by atoms with Crippen molar-refractivity contribution in [2.45, 2.75) is 34.1 Å². The molecule has 0 aliphatic carbocycles. The largest absolute Gasteiger partial charge is 0.466 e. The highest BCUT2D eigenvalue weighted by atomic mass is 32.1. The van der Waals surface area contributed by atoms with Crippen LogP contribution in [0.2, 0.25) is 0 Å². The summed E-state index contributed by atoms with van der Waals surface area (Å²) in [5, 5.41) is 10.1. The van der Waals surface area contributed by atoms with Crippen LogP contribution in [0.5, 0.6) is 0 Å². The maximum Gasteiger partial charge on any atom is 0.314 e. The van der Waals surface area contributed by atoms with Gasteiger partial charge in [0.15, 0.2) is 0 Å². The van der Waals surface area contributed by atoms with E-state index in [-0.39, 0.29) is 11.9 Å². The Morgan fingerprint density at radius 3 is 2.79 bits per heavy atom. The second-order valence-electron chi connectivity index (χ2n) is 5.31. The zero-order valence-corrected chi connectivity index (χ0v) is 12.8. The lowest BCUT2D eigenvalue weighted by Crippen LogP contribution is -2.40. The molecule has 1 aliphatic heterocycles. The van der Waals surface area contributed by atoms with Gasteiger partial charge in [0.05, 0.1) is 12.0 Å². The number of rotatable bonds is 4. The number of aromatic nitrogens is 2. The molecule has 0 bridgehead atoms. The fraction of sp³-hybridized carbons (Fsp3) is 0.769. The zero-order chi connectivity index (χ0) is 14.0. The average Bonchev–Trinajstić information content (AvgIpc) is 2.95. The van der Waals surface area contributed by atoms with Crippen molar-refractivity contribution in [2.24, 2.45) is 11.3 Å². The average molecular weight is 283 g/mol. The van der Waals surface area contributed by atoms with Crippen LogP contribution < -0.4 is 4.90 Å². The van der Waals surface area contributed by atoms with E-state index in [1.807, 2.05) is 13.8 Å². The number of esters is 1. The molecule has 1 aromatic rings. The maximum atomic E-state index is 12.3. The van der Waals surface area contributed by atoms with E-state index < -0.39 is 5.41 Å². The minimum atomic E-state index is -0.407. The Labute approximate surface area is 118 Å². The third kappa shape index (κ3) is 2.59. The van der Waals surface area contributed by atoms with Gasteiger partial charge < -0.3 is 9.64 Å². The van der Waals surface area contributed by atoms with E-state index >= 15 is 0 Å². The van der Waals surface area contributed by atoms with Crippen molar-refractivity contribution in [3.8, 4) is 0 Å². The number of aryl methyl sites for hydroxylation is 1. The first kappa shape index (κ1) is 14.2. The summed E-state index contributed by atoms with van der Waals surface area (Å²) in [5.41, 5.74) is -0.407. The molecule has 1 unspecified atom stereocenters. The van der Waals surface area contributed by atoms with Crippen molar-refractivity contribution in [2.75, 3.05) is 24.6 Å². The van der Waals surface area contributed by atoms with Crippen LogP contribution in [-0.2, 0) is 9.53 Å². The molecule has 0 aromatic carbocycles. The van der Waals surface area contributed by atoms with Crippen LogP contribution in [0, 0.1) is 18.3 Å². The van der Waals surface area contributed by atoms with Gasteiger partial charge in [-0.15, -0.1) is 10.2 Å². The molecule has 5 nitrogen and oxygen atoms in total. The van der Waals surface area contributed by atoms with Crippen LogP contribution in [0.1, 0.15) is 32.2 Å². The van der Waals surface area contributed by atoms with E-state index in [4.69, 9.17) is 4.74 Å². The molecule has 2 rings (SSSR count). The Kier molecular flexibility index (Phi) is 4.08.